The predicted octanol–water partition coefficient (Wildman–Crippen LogP) is 1.87. The number of rotatable bonds is 4. The number of nitrogens with one attached hydrogen (secondary N) is 1. The maximum atomic E-state index is 11.9. The summed E-state index contributed by atoms with van der Waals surface area (Å²) in [5, 5.41) is 0. The summed E-state index contributed by atoms with van der Waals surface area (Å²) in [5.74, 6) is 0. The van der Waals surface area contributed by atoms with Crippen molar-refractivity contribution < 1.29 is 21.6 Å². The Hall–Kier alpha value is 0.130. The molecular weight excluding hydrogens is 262 g/mol. The molecule has 3 nitrogen and oxygen atoms in total. The summed E-state index contributed by atoms with van der Waals surface area (Å²) in [6.45, 7) is 0.460. The lowest BCUT2D eigenvalue weighted by Gasteiger charge is -2.17. The summed E-state index contributed by atoms with van der Waals surface area (Å²) >= 11 is 0. The Bertz CT molecular complexity index is 336. The van der Waals surface area contributed by atoms with E-state index in [1.807, 2.05) is 6.66 Å². The number of alkyl halides is 3. The molecule has 96 valence electrons. The standard InChI is InChI=1S/C8H16F3NO2PS/c1-15(4-2-3-5-15)7-16(13,14)12-6-8(9,10)11/h12H,2-7H2,1H3/q+1. The normalized spacial score (nSPS) is 21.2. The molecular formula is C8H16F3NO2PS+. The Balaban J connectivity index is 2.52. The van der Waals surface area contributed by atoms with Crippen molar-refractivity contribution in [2.24, 2.45) is 0 Å². The SMILES string of the molecule is C[P+]1(CS(=O)(=O)NCC(F)(F)F)CCCC1. The Morgan fingerprint density at radius 1 is 1.25 bits per heavy atom. The first kappa shape index (κ1) is 14.2. The zero-order chi connectivity index (χ0) is 12.4. The van der Waals surface area contributed by atoms with Crippen LogP contribution in [-0.4, -0.2) is 45.6 Å². The van der Waals surface area contributed by atoms with Crippen molar-refractivity contribution >= 4 is 17.3 Å². The maximum Gasteiger partial charge on any atom is 0.402 e. The second-order valence-corrected chi connectivity index (χ2v) is 11.1. The third kappa shape index (κ3) is 4.97. The molecule has 1 aliphatic rings. The molecule has 0 atom stereocenters. The Morgan fingerprint density at radius 3 is 2.19 bits per heavy atom. The van der Waals surface area contributed by atoms with Gasteiger partial charge in [0, 0.05) is 13.9 Å². The first-order valence-electron chi connectivity index (χ1n) is 5.00. The lowest BCUT2D eigenvalue weighted by atomic mass is 10.4. The molecule has 0 radical (unpaired) electrons. The van der Waals surface area contributed by atoms with Crippen molar-refractivity contribution in [3.8, 4) is 0 Å². The fraction of sp³-hybridized carbons (Fsp3) is 1.00. The molecule has 1 rings (SSSR count). The molecule has 1 N–H and O–H groups in total. The molecule has 0 aromatic heterocycles. The quantitative estimate of drug-likeness (QED) is 0.798. The highest BCUT2D eigenvalue weighted by Gasteiger charge is 2.41. The molecule has 0 unspecified atom stereocenters. The summed E-state index contributed by atoms with van der Waals surface area (Å²) in [6.07, 6.45) is -0.736. The first-order chi connectivity index (χ1) is 7.12. The van der Waals surface area contributed by atoms with Crippen LogP contribution in [0.5, 0.6) is 0 Å². The van der Waals surface area contributed by atoms with E-state index in [2.05, 4.69) is 0 Å². The van der Waals surface area contributed by atoms with E-state index in [4.69, 9.17) is 0 Å². The maximum absolute atomic E-state index is 11.9. The molecule has 0 aromatic carbocycles. The van der Waals surface area contributed by atoms with Gasteiger partial charge in [0.1, 0.15) is 6.54 Å². The zero-order valence-electron chi connectivity index (χ0n) is 9.05. The molecule has 1 aliphatic heterocycles. The van der Waals surface area contributed by atoms with Gasteiger partial charge in [-0.3, -0.25) is 0 Å². The van der Waals surface area contributed by atoms with Crippen LogP contribution in [0.3, 0.4) is 0 Å². The van der Waals surface area contributed by atoms with Gasteiger partial charge >= 0.3 is 6.18 Å². The average Bonchev–Trinajstić information content (AvgIpc) is 2.46. The molecule has 16 heavy (non-hydrogen) atoms. The average molecular weight is 278 g/mol. The molecule has 8 heteroatoms. The van der Waals surface area contributed by atoms with Gasteiger partial charge < -0.3 is 0 Å². The summed E-state index contributed by atoms with van der Waals surface area (Å²) in [5.41, 5.74) is -0.101. The molecule has 1 saturated heterocycles. The van der Waals surface area contributed by atoms with Crippen molar-refractivity contribution in [1.29, 1.82) is 0 Å². The second kappa shape index (κ2) is 4.78. The van der Waals surface area contributed by atoms with Crippen LogP contribution in [0.25, 0.3) is 0 Å². The topological polar surface area (TPSA) is 46.2 Å². The van der Waals surface area contributed by atoms with Gasteiger partial charge in [-0.25, -0.2) is 13.1 Å². The number of halogens is 3. The molecule has 1 heterocycles. The highest BCUT2D eigenvalue weighted by Crippen LogP contribution is 2.61. The van der Waals surface area contributed by atoms with Crippen LogP contribution in [0, 0.1) is 0 Å². The van der Waals surface area contributed by atoms with E-state index in [1.165, 1.54) is 0 Å². The van der Waals surface area contributed by atoms with Gasteiger partial charge in [-0.15, -0.1) is 0 Å². The number of hydrogen-bond acceptors (Lipinski definition) is 2. The molecule has 0 bridgehead atoms. The van der Waals surface area contributed by atoms with Gasteiger partial charge in [0.05, 0.1) is 12.3 Å². The summed E-state index contributed by atoms with van der Waals surface area (Å²) in [7, 11) is -5.32. The van der Waals surface area contributed by atoms with Gasteiger partial charge in [0.2, 0.25) is 10.0 Å². The second-order valence-electron chi connectivity index (χ2n) is 4.45. The van der Waals surface area contributed by atoms with Crippen molar-refractivity contribution in [2.75, 3.05) is 31.0 Å². The summed E-state index contributed by atoms with van der Waals surface area (Å²) in [4.78, 5) is 0. The summed E-state index contributed by atoms with van der Waals surface area (Å²) in [6, 6.07) is 0. The van der Waals surface area contributed by atoms with E-state index < -0.39 is 30.0 Å². The van der Waals surface area contributed by atoms with Crippen molar-refractivity contribution in [1.82, 2.24) is 4.72 Å². The fourth-order valence-corrected chi connectivity index (χ4v) is 9.14. The van der Waals surface area contributed by atoms with E-state index in [1.54, 1.807) is 4.72 Å². The van der Waals surface area contributed by atoms with E-state index in [9.17, 15) is 21.6 Å². The molecule has 0 spiro atoms. The van der Waals surface area contributed by atoms with Crippen LogP contribution in [0.2, 0.25) is 0 Å². The van der Waals surface area contributed by atoms with Gasteiger partial charge in [-0.1, -0.05) is 0 Å². The van der Waals surface area contributed by atoms with Crippen molar-refractivity contribution in [3.05, 3.63) is 0 Å². The highest BCUT2D eigenvalue weighted by atomic mass is 32.2. The van der Waals surface area contributed by atoms with Gasteiger partial charge in [0.25, 0.3) is 0 Å². The van der Waals surface area contributed by atoms with Crippen LogP contribution < -0.4 is 4.72 Å². The minimum absolute atomic E-state index is 0.101. The van der Waals surface area contributed by atoms with Gasteiger partial charge in [-0.05, 0) is 12.8 Å². The van der Waals surface area contributed by atoms with Crippen molar-refractivity contribution in [2.45, 2.75) is 19.0 Å². The van der Waals surface area contributed by atoms with Crippen LogP contribution >= 0.6 is 7.26 Å². The molecule has 0 amide bonds. The first-order valence-corrected chi connectivity index (χ1v) is 9.44. The van der Waals surface area contributed by atoms with Crippen LogP contribution in [0.1, 0.15) is 12.8 Å². The molecule has 0 aliphatic carbocycles. The van der Waals surface area contributed by atoms with Gasteiger partial charge in [-0.2, -0.15) is 13.2 Å². The molecule has 0 aromatic rings. The van der Waals surface area contributed by atoms with E-state index in [0.29, 0.717) is 0 Å². The van der Waals surface area contributed by atoms with Crippen LogP contribution in [-0.2, 0) is 10.0 Å². The lowest BCUT2D eigenvalue weighted by molar-refractivity contribution is -0.121. The number of sulfonamides is 1. The number of hydrogen-bond donors (Lipinski definition) is 1. The molecule has 1 fully saturated rings. The monoisotopic (exact) mass is 278 g/mol. The van der Waals surface area contributed by atoms with Crippen LogP contribution in [0.15, 0.2) is 0 Å². The fourth-order valence-electron chi connectivity index (χ4n) is 1.88. The van der Waals surface area contributed by atoms with E-state index in [0.717, 1.165) is 25.2 Å². The third-order valence-corrected chi connectivity index (χ3v) is 9.85. The van der Waals surface area contributed by atoms with Gasteiger partial charge in [0.15, 0.2) is 5.49 Å². The van der Waals surface area contributed by atoms with Crippen molar-refractivity contribution in [3.63, 3.8) is 0 Å². The minimum atomic E-state index is -4.48. The minimum Gasteiger partial charge on any atom is -0.209 e. The largest absolute Gasteiger partial charge is 0.402 e. The van der Waals surface area contributed by atoms with E-state index in [-0.39, 0.29) is 5.49 Å². The Morgan fingerprint density at radius 2 is 1.75 bits per heavy atom. The Labute approximate surface area is 94.2 Å². The van der Waals surface area contributed by atoms with E-state index >= 15 is 0 Å². The lowest BCUT2D eigenvalue weighted by Crippen LogP contribution is -2.35. The molecule has 0 saturated carbocycles. The third-order valence-electron chi connectivity index (χ3n) is 2.62. The smallest absolute Gasteiger partial charge is 0.209 e. The Kier molecular flexibility index (Phi) is 4.24. The van der Waals surface area contributed by atoms with Crippen LogP contribution in [0.4, 0.5) is 13.2 Å². The zero-order valence-corrected chi connectivity index (χ0v) is 10.8. The highest BCUT2D eigenvalue weighted by molar-refractivity contribution is 8.00. The summed E-state index contributed by atoms with van der Waals surface area (Å²) < 4.78 is 60.2. The predicted molar refractivity (Wildman–Crippen MR) is 59.7 cm³/mol.